The van der Waals surface area contributed by atoms with E-state index >= 15 is 0 Å². The Bertz CT molecular complexity index is 755. The number of nitrogens with one attached hydrogen (secondary N) is 1. The van der Waals surface area contributed by atoms with Crippen LogP contribution in [-0.2, 0) is 4.79 Å². The maximum Gasteiger partial charge on any atom is 0.261 e. The van der Waals surface area contributed by atoms with Gasteiger partial charge in [-0.2, -0.15) is 0 Å². The quantitative estimate of drug-likeness (QED) is 0.719. The Labute approximate surface area is 156 Å². The number of ether oxygens (including phenoxy) is 2. The van der Waals surface area contributed by atoms with Crippen molar-refractivity contribution in [3.05, 3.63) is 58.7 Å². The summed E-state index contributed by atoms with van der Waals surface area (Å²) in [5.41, 5.74) is 4.54. The number of amides is 1. The zero-order valence-corrected chi connectivity index (χ0v) is 16.4. The molecule has 140 valence electrons. The summed E-state index contributed by atoms with van der Waals surface area (Å²) in [5, 5.41) is 2.90. The van der Waals surface area contributed by atoms with Crippen LogP contribution in [0.3, 0.4) is 0 Å². The van der Waals surface area contributed by atoms with Gasteiger partial charge in [0.25, 0.3) is 5.91 Å². The molecule has 2 aromatic rings. The Morgan fingerprint density at radius 1 is 1.04 bits per heavy atom. The molecule has 2 aromatic carbocycles. The van der Waals surface area contributed by atoms with E-state index in [0.29, 0.717) is 19.6 Å². The van der Waals surface area contributed by atoms with Crippen molar-refractivity contribution in [3.63, 3.8) is 0 Å². The summed E-state index contributed by atoms with van der Waals surface area (Å²) < 4.78 is 11.7. The van der Waals surface area contributed by atoms with Crippen LogP contribution in [0, 0.1) is 27.7 Å². The van der Waals surface area contributed by atoms with Crippen LogP contribution < -0.4 is 14.8 Å². The lowest BCUT2D eigenvalue weighted by atomic mass is 10.1. The maximum atomic E-state index is 12.4. The molecule has 0 bridgehead atoms. The highest BCUT2D eigenvalue weighted by Gasteiger charge is 2.18. The Hall–Kier alpha value is -2.49. The third kappa shape index (κ3) is 5.25. The minimum absolute atomic E-state index is 0.114. The molecule has 0 aliphatic carbocycles. The zero-order valence-electron chi connectivity index (χ0n) is 16.4. The van der Waals surface area contributed by atoms with Crippen molar-refractivity contribution >= 4 is 5.91 Å². The highest BCUT2D eigenvalue weighted by atomic mass is 16.5. The van der Waals surface area contributed by atoms with Crippen molar-refractivity contribution in [1.82, 2.24) is 5.32 Å². The number of hydrogen-bond acceptors (Lipinski definition) is 3. The second-order valence-corrected chi connectivity index (χ2v) is 6.62. The first-order valence-corrected chi connectivity index (χ1v) is 9.13. The molecule has 0 aliphatic heterocycles. The van der Waals surface area contributed by atoms with Gasteiger partial charge in [0, 0.05) is 0 Å². The smallest absolute Gasteiger partial charge is 0.261 e. The number of carbonyl (C=O) groups is 1. The van der Waals surface area contributed by atoms with Crippen LogP contribution in [0.4, 0.5) is 0 Å². The molecule has 0 radical (unpaired) electrons. The van der Waals surface area contributed by atoms with Crippen molar-refractivity contribution in [2.24, 2.45) is 0 Å². The summed E-state index contributed by atoms with van der Waals surface area (Å²) in [4.78, 5) is 12.4. The number of carbonyl (C=O) groups excluding carboxylic acids is 1. The van der Waals surface area contributed by atoms with Gasteiger partial charge in [0.15, 0.2) is 6.10 Å². The first kappa shape index (κ1) is 19.8. The molecule has 2 rings (SSSR count). The summed E-state index contributed by atoms with van der Waals surface area (Å²) in [7, 11) is 0. The van der Waals surface area contributed by atoms with Gasteiger partial charge in [0.2, 0.25) is 0 Å². The number of aryl methyl sites for hydroxylation is 3. The van der Waals surface area contributed by atoms with E-state index in [1.807, 2.05) is 52.0 Å². The van der Waals surface area contributed by atoms with Crippen molar-refractivity contribution in [3.8, 4) is 11.5 Å². The van der Waals surface area contributed by atoms with Gasteiger partial charge < -0.3 is 14.8 Å². The van der Waals surface area contributed by atoms with Crippen molar-refractivity contribution in [2.45, 2.75) is 47.1 Å². The second-order valence-electron chi connectivity index (χ2n) is 6.62. The van der Waals surface area contributed by atoms with Crippen LogP contribution in [-0.4, -0.2) is 25.2 Å². The van der Waals surface area contributed by atoms with Crippen LogP contribution >= 0.6 is 0 Å². The Kier molecular flexibility index (Phi) is 7.07. The van der Waals surface area contributed by atoms with E-state index in [4.69, 9.17) is 9.47 Å². The molecule has 1 atom stereocenters. The average Bonchev–Trinajstić information content (AvgIpc) is 2.61. The average molecular weight is 355 g/mol. The maximum absolute atomic E-state index is 12.4. The Balaban J connectivity index is 1.84. The molecule has 0 saturated heterocycles. The normalized spacial score (nSPS) is 11.7. The molecule has 4 heteroatoms. The van der Waals surface area contributed by atoms with Gasteiger partial charge in [-0.05, 0) is 62.9 Å². The Morgan fingerprint density at radius 3 is 2.50 bits per heavy atom. The minimum Gasteiger partial charge on any atom is -0.491 e. The summed E-state index contributed by atoms with van der Waals surface area (Å²) in [6.07, 6.45) is 0.105. The van der Waals surface area contributed by atoms with E-state index < -0.39 is 6.10 Å². The highest BCUT2D eigenvalue weighted by Crippen LogP contribution is 2.21. The molecular weight excluding hydrogens is 326 g/mol. The number of rotatable bonds is 8. The largest absolute Gasteiger partial charge is 0.491 e. The SMILES string of the molecule is CCC(Oc1ccc(C)cc1C)C(=O)NCCOc1cccc(C)c1C. The third-order valence-electron chi connectivity index (χ3n) is 4.48. The fourth-order valence-corrected chi connectivity index (χ4v) is 2.74. The molecule has 0 heterocycles. The van der Waals surface area contributed by atoms with Crippen LogP contribution in [0.5, 0.6) is 11.5 Å². The number of hydrogen-bond donors (Lipinski definition) is 1. The lowest BCUT2D eigenvalue weighted by molar-refractivity contribution is -0.128. The molecule has 0 aromatic heterocycles. The monoisotopic (exact) mass is 355 g/mol. The van der Waals surface area contributed by atoms with Crippen molar-refractivity contribution in [1.29, 1.82) is 0 Å². The van der Waals surface area contributed by atoms with E-state index in [1.54, 1.807) is 0 Å². The van der Waals surface area contributed by atoms with Gasteiger partial charge in [-0.15, -0.1) is 0 Å². The molecule has 0 fully saturated rings. The van der Waals surface area contributed by atoms with Crippen molar-refractivity contribution < 1.29 is 14.3 Å². The van der Waals surface area contributed by atoms with Gasteiger partial charge in [-0.25, -0.2) is 0 Å². The third-order valence-corrected chi connectivity index (χ3v) is 4.48. The molecule has 26 heavy (non-hydrogen) atoms. The topological polar surface area (TPSA) is 47.6 Å². The molecule has 0 aliphatic rings. The molecule has 0 spiro atoms. The van der Waals surface area contributed by atoms with Gasteiger partial charge >= 0.3 is 0 Å². The molecule has 1 unspecified atom stereocenters. The molecule has 1 amide bonds. The predicted molar refractivity (Wildman–Crippen MR) is 105 cm³/mol. The first-order chi connectivity index (χ1) is 12.4. The summed E-state index contributed by atoms with van der Waals surface area (Å²) >= 11 is 0. The van der Waals surface area contributed by atoms with Crippen LogP contribution in [0.15, 0.2) is 36.4 Å². The highest BCUT2D eigenvalue weighted by molar-refractivity contribution is 5.81. The molecule has 4 nitrogen and oxygen atoms in total. The Morgan fingerprint density at radius 2 is 1.81 bits per heavy atom. The minimum atomic E-state index is -0.503. The lowest BCUT2D eigenvalue weighted by Gasteiger charge is -2.19. The van der Waals surface area contributed by atoms with Gasteiger partial charge in [-0.3, -0.25) is 4.79 Å². The summed E-state index contributed by atoms with van der Waals surface area (Å²) in [5.74, 6) is 1.50. The van der Waals surface area contributed by atoms with E-state index in [1.165, 1.54) is 11.1 Å². The zero-order chi connectivity index (χ0) is 19.1. The molecule has 0 saturated carbocycles. The molecular formula is C22H29NO3. The van der Waals surface area contributed by atoms with Gasteiger partial charge in [0.1, 0.15) is 18.1 Å². The lowest BCUT2D eigenvalue weighted by Crippen LogP contribution is -2.39. The fourth-order valence-electron chi connectivity index (χ4n) is 2.74. The van der Waals surface area contributed by atoms with Gasteiger partial charge in [0.05, 0.1) is 6.54 Å². The second kappa shape index (κ2) is 9.27. The first-order valence-electron chi connectivity index (χ1n) is 9.13. The molecule has 1 N–H and O–H groups in total. The fraction of sp³-hybridized carbons (Fsp3) is 0.409. The number of benzene rings is 2. The van der Waals surface area contributed by atoms with Crippen LogP contribution in [0.25, 0.3) is 0 Å². The van der Waals surface area contributed by atoms with Crippen LogP contribution in [0.2, 0.25) is 0 Å². The summed E-state index contributed by atoms with van der Waals surface area (Å²) in [6, 6.07) is 11.9. The van der Waals surface area contributed by atoms with E-state index in [9.17, 15) is 4.79 Å². The van der Waals surface area contributed by atoms with Crippen LogP contribution in [0.1, 0.15) is 35.6 Å². The predicted octanol–water partition coefficient (Wildman–Crippen LogP) is 4.27. The van der Waals surface area contributed by atoms with E-state index in [-0.39, 0.29) is 5.91 Å². The van der Waals surface area contributed by atoms with Crippen molar-refractivity contribution in [2.75, 3.05) is 13.2 Å². The van der Waals surface area contributed by atoms with E-state index in [0.717, 1.165) is 22.6 Å². The van der Waals surface area contributed by atoms with Gasteiger partial charge in [-0.1, -0.05) is 36.8 Å². The van der Waals surface area contributed by atoms with E-state index in [2.05, 4.69) is 24.4 Å². The summed E-state index contributed by atoms with van der Waals surface area (Å²) in [6.45, 7) is 10.9. The standard InChI is InChI=1S/C22H29NO3/c1-6-19(26-20-11-10-15(2)14-17(20)4)22(24)23-12-13-25-21-9-7-8-16(3)18(21)5/h7-11,14,19H,6,12-13H2,1-5H3,(H,23,24).